The van der Waals surface area contributed by atoms with Crippen LogP contribution in [0.4, 0.5) is 16.2 Å². The Labute approximate surface area is 167 Å². The van der Waals surface area contributed by atoms with E-state index in [-0.39, 0.29) is 11.1 Å². The molecule has 1 aliphatic heterocycles. The Hall–Kier alpha value is -3.31. The number of carbonyl (C=O) groups excluding carboxylic acids is 2. The van der Waals surface area contributed by atoms with Crippen LogP contribution in [0.5, 0.6) is 0 Å². The molecule has 0 aliphatic carbocycles. The first-order valence-corrected chi connectivity index (χ1v) is 9.72. The maximum Gasteiger partial charge on any atom is 0.290 e. The molecule has 138 valence electrons. The van der Waals surface area contributed by atoms with Crippen molar-refractivity contribution in [3.8, 4) is 0 Å². The van der Waals surface area contributed by atoms with Crippen molar-refractivity contribution in [3.63, 3.8) is 0 Å². The average molecular weight is 386 g/mol. The van der Waals surface area contributed by atoms with Crippen LogP contribution in [0.25, 0.3) is 6.08 Å². The predicted molar refractivity (Wildman–Crippen MR) is 114 cm³/mol. The predicted octanol–water partition coefficient (Wildman–Crippen LogP) is 5.35. The van der Waals surface area contributed by atoms with Crippen molar-refractivity contribution in [1.82, 2.24) is 5.32 Å². The summed E-state index contributed by atoms with van der Waals surface area (Å²) in [5.41, 5.74) is 4.25. The standard InChI is InChI=1S/C23H18N2O2S/c26-22-21(28-23(27)24-22)15-17-11-13-20(14-12-17)25(19-9-5-2-6-10-19)16-18-7-3-1-4-8-18/h1-15H,16H2,(H,24,26,27)/b21-15-. The number of anilines is 2. The first kappa shape index (κ1) is 18.1. The lowest BCUT2D eigenvalue weighted by Gasteiger charge is -2.25. The highest BCUT2D eigenvalue weighted by Crippen LogP contribution is 2.29. The lowest BCUT2D eigenvalue weighted by atomic mass is 10.1. The molecule has 3 aromatic carbocycles. The molecule has 4 rings (SSSR count). The molecule has 0 radical (unpaired) electrons. The molecule has 1 saturated heterocycles. The van der Waals surface area contributed by atoms with Crippen LogP contribution in [-0.4, -0.2) is 11.1 Å². The third-order valence-electron chi connectivity index (χ3n) is 4.40. The molecule has 5 heteroatoms. The van der Waals surface area contributed by atoms with Gasteiger partial charge in [-0.2, -0.15) is 0 Å². The molecule has 0 bridgehead atoms. The molecule has 28 heavy (non-hydrogen) atoms. The minimum absolute atomic E-state index is 0.328. The van der Waals surface area contributed by atoms with Crippen LogP contribution >= 0.6 is 11.8 Å². The van der Waals surface area contributed by atoms with Crippen molar-refractivity contribution < 1.29 is 9.59 Å². The number of rotatable bonds is 5. The van der Waals surface area contributed by atoms with Crippen LogP contribution in [0.2, 0.25) is 0 Å². The monoisotopic (exact) mass is 386 g/mol. The number of benzene rings is 3. The summed E-state index contributed by atoms with van der Waals surface area (Å²) in [6.07, 6.45) is 1.73. The first-order chi connectivity index (χ1) is 13.7. The van der Waals surface area contributed by atoms with Gasteiger partial charge in [-0.3, -0.25) is 14.9 Å². The van der Waals surface area contributed by atoms with Crippen LogP contribution < -0.4 is 10.2 Å². The minimum Gasteiger partial charge on any atom is -0.337 e. The number of para-hydroxylation sites is 1. The fourth-order valence-corrected chi connectivity index (χ4v) is 3.71. The van der Waals surface area contributed by atoms with Crippen molar-refractivity contribution in [2.45, 2.75) is 6.54 Å². The number of nitrogens with zero attached hydrogens (tertiary/aromatic N) is 1. The summed E-state index contributed by atoms with van der Waals surface area (Å²) >= 11 is 0.929. The Kier molecular flexibility index (Phi) is 5.26. The summed E-state index contributed by atoms with van der Waals surface area (Å²) in [5, 5.41) is 1.95. The van der Waals surface area contributed by atoms with Crippen molar-refractivity contribution in [2.75, 3.05) is 4.90 Å². The lowest BCUT2D eigenvalue weighted by Crippen LogP contribution is -2.17. The summed E-state index contributed by atoms with van der Waals surface area (Å²) in [6.45, 7) is 0.748. The average Bonchev–Trinajstić information content (AvgIpc) is 3.05. The van der Waals surface area contributed by atoms with Gasteiger partial charge >= 0.3 is 0 Å². The van der Waals surface area contributed by atoms with Gasteiger partial charge in [0.05, 0.1) is 4.91 Å². The molecule has 0 spiro atoms. The van der Waals surface area contributed by atoms with E-state index in [4.69, 9.17) is 0 Å². The summed E-state index contributed by atoms with van der Waals surface area (Å²) in [6, 6.07) is 28.5. The van der Waals surface area contributed by atoms with E-state index >= 15 is 0 Å². The Morgan fingerprint density at radius 1 is 0.786 bits per heavy atom. The van der Waals surface area contributed by atoms with Crippen LogP contribution in [0.3, 0.4) is 0 Å². The van der Waals surface area contributed by atoms with Crippen LogP contribution in [0, 0.1) is 0 Å². The number of imide groups is 1. The smallest absolute Gasteiger partial charge is 0.290 e. The number of hydrogen-bond acceptors (Lipinski definition) is 4. The molecule has 3 aromatic rings. The second-order valence-corrected chi connectivity index (χ2v) is 7.37. The third-order valence-corrected chi connectivity index (χ3v) is 5.21. The molecule has 1 fully saturated rings. The zero-order valence-electron chi connectivity index (χ0n) is 15.0. The number of nitrogens with one attached hydrogen (secondary N) is 1. The largest absolute Gasteiger partial charge is 0.337 e. The van der Waals surface area contributed by atoms with E-state index in [0.29, 0.717) is 4.91 Å². The van der Waals surface area contributed by atoms with Crippen molar-refractivity contribution in [1.29, 1.82) is 0 Å². The number of thioether (sulfide) groups is 1. The first-order valence-electron chi connectivity index (χ1n) is 8.90. The number of carbonyl (C=O) groups is 2. The van der Waals surface area contributed by atoms with Gasteiger partial charge in [0, 0.05) is 17.9 Å². The number of hydrogen-bond donors (Lipinski definition) is 1. The molecule has 0 atom stereocenters. The van der Waals surface area contributed by atoms with Gasteiger partial charge < -0.3 is 4.90 Å². The second-order valence-electron chi connectivity index (χ2n) is 6.35. The fourth-order valence-electron chi connectivity index (χ4n) is 3.03. The molecule has 0 saturated carbocycles. The van der Waals surface area contributed by atoms with Crippen molar-refractivity contribution in [2.24, 2.45) is 0 Å². The third kappa shape index (κ3) is 4.15. The Morgan fingerprint density at radius 2 is 1.39 bits per heavy atom. The topological polar surface area (TPSA) is 49.4 Å². The molecular weight excluding hydrogens is 368 g/mol. The zero-order chi connectivity index (χ0) is 19.3. The summed E-state index contributed by atoms with van der Waals surface area (Å²) < 4.78 is 0. The SMILES string of the molecule is O=C1NC(=O)/C(=C/c2ccc(N(Cc3ccccc3)c3ccccc3)cc2)S1. The minimum atomic E-state index is -0.339. The van der Waals surface area contributed by atoms with Gasteiger partial charge in [-0.05, 0) is 53.2 Å². The van der Waals surface area contributed by atoms with Crippen molar-refractivity contribution >= 4 is 40.4 Å². The van der Waals surface area contributed by atoms with E-state index in [1.807, 2.05) is 60.7 Å². The maximum atomic E-state index is 11.7. The highest BCUT2D eigenvalue weighted by molar-refractivity contribution is 8.18. The van der Waals surface area contributed by atoms with Crippen LogP contribution in [0.15, 0.2) is 89.8 Å². The maximum absolute atomic E-state index is 11.7. The quantitative estimate of drug-likeness (QED) is 0.601. The number of amides is 2. The molecule has 1 heterocycles. The molecule has 2 amide bonds. The lowest BCUT2D eigenvalue weighted by molar-refractivity contribution is -0.115. The van der Waals surface area contributed by atoms with Gasteiger partial charge in [0.2, 0.25) is 0 Å². The van der Waals surface area contributed by atoms with Gasteiger partial charge in [0.25, 0.3) is 11.1 Å². The van der Waals surface area contributed by atoms with Gasteiger partial charge in [-0.15, -0.1) is 0 Å². The van der Waals surface area contributed by atoms with E-state index in [0.717, 1.165) is 35.2 Å². The van der Waals surface area contributed by atoms with Crippen LogP contribution in [-0.2, 0) is 11.3 Å². The Morgan fingerprint density at radius 3 is 2.00 bits per heavy atom. The molecule has 4 nitrogen and oxygen atoms in total. The molecular formula is C23H18N2O2S. The van der Waals surface area contributed by atoms with E-state index in [2.05, 4.69) is 34.5 Å². The molecule has 1 N–H and O–H groups in total. The molecule has 1 aliphatic rings. The summed E-state index contributed by atoms with van der Waals surface area (Å²) in [7, 11) is 0. The molecule has 0 aromatic heterocycles. The second kappa shape index (κ2) is 8.15. The molecule has 0 unspecified atom stereocenters. The normalized spacial score (nSPS) is 14.9. The summed E-state index contributed by atoms with van der Waals surface area (Å²) in [4.78, 5) is 25.7. The van der Waals surface area contributed by atoms with Gasteiger partial charge in [0.15, 0.2) is 0 Å². The van der Waals surface area contributed by atoms with E-state index in [1.54, 1.807) is 6.08 Å². The fraction of sp³-hybridized carbons (Fsp3) is 0.0435. The Balaban J connectivity index is 1.62. The zero-order valence-corrected chi connectivity index (χ0v) is 15.9. The van der Waals surface area contributed by atoms with Gasteiger partial charge in [0.1, 0.15) is 0 Å². The van der Waals surface area contributed by atoms with E-state index in [9.17, 15) is 9.59 Å². The highest BCUT2D eigenvalue weighted by atomic mass is 32.2. The summed E-state index contributed by atoms with van der Waals surface area (Å²) in [5.74, 6) is -0.339. The van der Waals surface area contributed by atoms with Crippen molar-refractivity contribution in [3.05, 3.63) is 101 Å². The highest BCUT2D eigenvalue weighted by Gasteiger charge is 2.24. The van der Waals surface area contributed by atoms with Gasteiger partial charge in [-0.25, -0.2) is 0 Å². The Bertz CT molecular complexity index is 1020. The van der Waals surface area contributed by atoms with Gasteiger partial charge in [-0.1, -0.05) is 60.7 Å². The van der Waals surface area contributed by atoms with E-state index in [1.165, 1.54) is 5.56 Å². The van der Waals surface area contributed by atoms with E-state index < -0.39 is 0 Å². The van der Waals surface area contributed by atoms with Crippen LogP contribution in [0.1, 0.15) is 11.1 Å².